The predicted molar refractivity (Wildman–Crippen MR) is 70.1 cm³/mol. The third-order valence-corrected chi connectivity index (χ3v) is 5.36. The van der Waals surface area contributed by atoms with Gasteiger partial charge >= 0.3 is 0 Å². The fourth-order valence-corrected chi connectivity index (χ4v) is 4.23. The minimum Gasteiger partial charge on any atom is -0.246 e. The van der Waals surface area contributed by atoms with Crippen LogP contribution in [0.3, 0.4) is 0 Å². The molecule has 1 rings (SSSR count). The maximum Gasteiger partial charge on any atom is 0.180 e. The summed E-state index contributed by atoms with van der Waals surface area (Å²) < 4.78 is 28.2. The van der Waals surface area contributed by atoms with Crippen molar-refractivity contribution in [3.8, 4) is 0 Å². The van der Waals surface area contributed by atoms with Crippen LogP contribution in [0.5, 0.6) is 0 Å². The molecule has 1 aromatic heterocycles. The zero-order valence-electron chi connectivity index (χ0n) is 9.50. The number of aromatic nitrogens is 1. The van der Waals surface area contributed by atoms with E-state index in [4.69, 9.17) is 5.26 Å². The van der Waals surface area contributed by atoms with Crippen LogP contribution in [0.4, 0.5) is 0 Å². The van der Waals surface area contributed by atoms with Gasteiger partial charge in [-0.3, -0.25) is 0 Å². The zero-order valence-corrected chi connectivity index (χ0v) is 12.7. The van der Waals surface area contributed by atoms with Crippen LogP contribution in [0.15, 0.2) is 22.2 Å². The fourth-order valence-electron chi connectivity index (χ4n) is 1.33. The Morgan fingerprint density at radius 1 is 1.56 bits per heavy atom. The molecule has 1 heterocycles. The second-order valence-corrected chi connectivity index (χ2v) is 6.81. The van der Waals surface area contributed by atoms with E-state index in [-0.39, 0.29) is 10.6 Å². The van der Waals surface area contributed by atoms with Gasteiger partial charge in [0.2, 0.25) is 0 Å². The van der Waals surface area contributed by atoms with Gasteiger partial charge in [0.25, 0.3) is 0 Å². The topological polar surface area (TPSA) is 85.7 Å². The van der Waals surface area contributed by atoms with Crippen molar-refractivity contribution in [2.45, 2.75) is 23.3 Å². The molecule has 102 valence electrons. The normalized spacial score (nSPS) is 11.7. The molecule has 1 aromatic rings. The largest absolute Gasteiger partial charge is 0.246 e. The number of rotatable bonds is 7. The van der Waals surface area contributed by atoms with Crippen LogP contribution in [0.25, 0.3) is 0 Å². The highest BCUT2D eigenvalue weighted by Gasteiger charge is 2.18. The number of hydrogen-bond donors (Lipinski definition) is 1. The Bertz CT molecular complexity index is 494. The molecule has 0 aliphatic rings. The fraction of sp³-hybridized carbons (Fsp3) is 0.444. The standard InChI is InChI=1S/C9H12BrNO5S2/c1-2-7-5-9(17-16-15-12)11-6-8(7)18(13,14)4-3-10/h5-6,12H,2-4H2,1H3. The van der Waals surface area contributed by atoms with Crippen molar-refractivity contribution < 1.29 is 23.0 Å². The minimum atomic E-state index is -3.33. The molecular formula is C9H12BrNO5S2. The average molecular weight is 358 g/mol. The van der Waals surface area contributed by atoms with E-state index in [1.165, 1.54) is 6.20 Å². The predicted octanol–water partition coefficient (Wildman–Crippen LogP) is 2.24. The summed E-state index contributed by atoms with van der Waals surface area (Å²) in [6.07, 6.45) is 1.84. The van der Waals surface area contributed by atoms with Crippen molar-refractivity contribution in [2.75, 3.05) is 11.1 Å². The Labute approximate surface area is 118 Å². The summed E-state index contributed by atoms with van der Waals surface area (Å²) >= 11 is 3.80. The van der Waals surface area contributed by atoms with E-state index in [0.717, 1.165) is 0 Å². The smallest absolute Gasteiger partial charge is 0.180 e. The summed E-state index contributed by atoms with van der Waals surface area (Å²) in [5.74, 6) is 0.0183. The van der Waals surface area contributed by atoms with Crippen molar-refractivity contribution in [3.63, 3.8) is 0 Å². The molecule has 0 fully saturated rings. The first-order chi connectivity index (χ1) is 8.55. The first-order valence-electron chi connectivity index (χ1n) is 4.97. The van der Waals surface area contributed by atoms with E-state index in [2.05, 4.69) is 30.3 Å². The van der Waals surface area contributed by atoms with Crippen molar-refractivity contribution in [1.82, 2.24) is 4.98 Å². The molecule has 1 N–H and O–H groups in total. The van der Waals surface area contributed by atoms with Crippen LogP contribution < -0.4 is 0 Å². The zero-order chi connectivity index (χ0) is 13.6. The highest BCUT2D eigenvalue weighted by atomic mass is 79.9. The first kappa shape index (κ1) is 15.9. The van der Waals surface area contributed by atoms with Gasteiger partial charge in [-0.25, -0.2) is 18.7 Å². The Morgan fingerprint density at radius 3 is 2.83 bits per heavy atom. The van der Waals surface area contributed by atoms with E-state index < -0.39 is 9.84 Å². The van der Waals surface area contributed by atoms with Gasteiger partial charge < -0.3 is 0 Å². The number of alkyl halides is 1. The van der Waals surface area contributed by atoms with Crippen molar-refractivity contribution >= 4 is 37.8 Å². The molecule has 0 spiro atoms. The molecule has 0 saturated heterocycles. The van der Waals surface area contributed by atoms with E-state index >= 15 is 0 Å². The molecule has 0 aromatic carbocycles. The van der Waals surface area contributed by atoms with Gasteiger partial charge in [-0.05, 0) is 18.1 Å². The second kappa shape index (κ2) is 7.41. The summed E-state index contributed by atoms with van der Waals surface area (Å²) in [7, 11) is -3.33. The minimum absolute atomic E-state index is 0.0183. The lowest BCUT2D eigenvalue weighted by Crippen LogP contribution is -2.11. The molecule has 9 heteroatoms. The molecule has 0 unspecified atom stereocenters. The van der Waals surface area contributed by atoms with Gasteiger partial charge in [-0.2, -0.15) is 0 Å². The summed E-state index contributed by atoms with van der Waals surface area (Å²) in [4.78, 5) is 4.15. The monoisotopic (exact) mass is 357 g/mol. The van der Waals surface area contributed by atoms with Crippen LogP contribution in [0.1, 0.15) is 12.5 Å². The highest BCUT2D eigenvalue weighted by Crippen LogP contribution is 2.23. The number of pyridine rings is 1. The summed E-state index contributed by atoms with van der Waals surface area (Å²) in [5, 5.41) is 12.3. The van der Waals surface area contributed by atoms with E-state index in [1.807, 2.05) is 6.92 Å². The quantitative estimate of drug-likeness (QED) is 0.346. The molecule has 0 bridgehead atoms. The highest BCUT2D eigenvalue weighted by molar-refractivity contribution is 9.09. The molecular weight excluding hydrogens is 346 g/mol. The van der Waals surface area contributed by atoms with Gasteiger partial charge in [0, 0.05) is 11.5 Å². The van der Waals surface area contributed by atoms with E-state index in [1.54, 1.807) is 6.07 Å². The Hall–Kier alpha value is -0.190. The van der Waals surface area contributed by atoms with Gasteiger partial charge in [0.15, 0.2) is 9.84 Å². The molecule has 0 aliphatic heterocycles. The van der Waals surface area contributed by atoms with Crippen LogP contribution in [-0.2, 0) is 25.6 Å². The lowest BCUT2D eigenvalue weighted by molar-refractivity contribution is -0.432. The molecule has 0 aliphatic carbocycles. The number of aryl methyl sites for hydroxylation is 1. The maximum absolute atomic E-state index is 12.0. The lowest BCUT2D eigenvalue weighted by Gasteiger charge is -2.08. The third kappa shape index (κ3) is 4.18. The van der Waals surface area contributed by atoms with E-state index in [0.29, 0.717) is 34.4 Å². The van der Waals surface area contributed by atoms with Crippen molar-refractivity contribution in [2.24, 2.45) is 0 Å². The molecule has 0 saturated carbocycles. The Kier molecular flexibility index (Phi) is 6.53. The Morgan fingerprint density at radius 2 is 2.28 bits per heavy atom. The maximum atomic E-state index is 12.0. The molecule has 0 radical (unpaired) electrons. The van der Waals surface area contributed by atoms with Crippen LogP contribution >= 0.6 is 28.0 Å². The average Bonchev–Trinajstić information content (AvgIpc) is 2.35. The van der Waals surface area contributed by atoms with Gasteiger partial charge in [0.05, 0.1) is 22.7 Å². The summed E-state index contributed by atoms with van der Waals surface area (Å²) in [6, 6.07) is 1.59. The molecule has 0 amide bonds. The number of halogens is 1. The molecule has 6 nitrogen and oxygen atoms in total. The lowest BCUT2D eigenvalue weighted by atomic mass is 10.2. The number of sulfone groups is 1. The van der Waals surface area contributed by atoms with Gasteiger partial charge in [-0.1, -0.05) is 27.9 Å². The van der Waals surface area contributed by atoms with E-state index in [9.17, 15) is 8.42 Å². The van der Waals surface area contributed by atoms with Gasteiger partial charge in [0.1, 0.15) is 5.03 Å². The number of nitrogens with zero attached hydrogens (tertiary/aromatic N) is 1. The third-order valence-electron chi connectivity index (χ3n) is 2.13. The van der Waals surface area contributed by atoms with Crippen LogP contribution in [0, 0.1) is 0 Å². The van der Waals surface area contributed by atoms with Crippen LogP contribution in [-0.4, -0.2) is 29.7 Å². The molecule has 18 heavy (non-hydrogen) atoms. The van der Waals surface area contributed by atoms with Crippen molar-refractivity contribution in [1.29, 1.82) is 0 Å². The SMILES string of the molecule is CCc1cc(SOOO)ncc1S(=O)(=O)CCBr. The first-order valence-corrected chi connectivity index (χ1v) is 8.49. The van der Waals surface area contributed by atoms with Gasteiger partial charge in [-0.15, -0.1) is 4.33 Å². The summed E-state index contributed by atoms with van der Waals surface area (Å²) in [5.41, 5.74) is 0.648. The Balaban J connectivity index is 3.07. The summed E-state index contributed by atoms with van der Waals surface area (Å²) in [6.45, 7) is 1.85. The molecule has 0 atom stereocenters. The number of hydrogen-bond acceptors (Lipinski definition) is 7. The van der Waals surface area contributed by atoms with Crippen molar-refractivity contribution in [3.05, 3.63) is 17.8 Å². The second-order valence-electron chi connectivity index (χ2n) is 3.22. The van der Waals surface area contributed by atoms with Crippen LogP contribution in [0.2, 0.25) is 0 Å².